The number of carbonyl (C=O) groups excluding carboxylic acids is 1. The van der Waals surface area contributed by atoms with Crippen LogP contribution in [0.15, 0.2) is 53.5 Å². The molecule has 6 nitrogen and oxygen atoms in total. The summed E-state index contributed by atoms with van der Waals surface area (Å²) in [4.78, 5) is 22.6. The molecule has 0 rings (SSSR count). The predicted molar refractivity (Wildman–Crippen MR) is 115 cm³/mol. The Hall–Kier alpha value is -2.34. The lowest BCUT2D eigenvalue weighted by atomic mass is 10.2. The first-order chi connectivity index (χ1) is 12.7. The highest BCUT2D eigenvalue weighted by atomic mass is 16.5. The molecule has 0 saturated carbocycles. The summed E-state index contributed by atoms with van der Waals surface area (Å²) in [5.41, 5.74) is 1.10. The van der Waals surface area contributed by atoms with Gasteiger partial charge in [0.15, 0.2) is 0 Å². The van der Waals surface area contributed by atoms with E-state index in [-0.39, 0.29) is 11.9 Å². The molecule has 152 valence electrons. The maximum Gasteiger partial charge on any atom is 0.239 e. The van der Waals surface area contributed by atoms with Crippen molar-refractivity contribution in [3.63, 3.8) is 0 Å². The maximum absolute atomic E-state index is 12.6. The second-order valence-corrected chi connectivity index (χ2v) is 6.59. The van der Waals surface area contributed by atoms with E-state index in [0.29, 0.717) is 31.2 Å². The highest BCUT2D eigenvalue weighted by Gasteiger charge is 2.21. The summed E-state index contributed by atoms with van der Waals surface area (Å²) in [5, 5.41) is 0. The predicted octanol–water partition coefficient (Wildman–Crippen LogP) is 2.92. The van der Waals surface area contributed by atoms with Crippen molar-refractivity contribution in [3.8, 4) is 0 Å². The van der Waals surface area contributed by atoms with Crippen molar-refractivity contribution in [1.29, 1.82) is 0 Å². The average Bonchev–Trinajstić information content (AvgIpc) is 2.65. The van der Waals surface area contributed by atoms with E-state index < -0.39 is 0 Å². The molecule has 0 aliphatic carbocycles. The van der Waals surface area contributed by atoms with Crippen LogP contribution in [-0.4, -0.2) is 80.8 Å². The fourth-order valence-electron chi connectivity index (χ4n) is 2.33. The summed E-state index contributed by atoms with van der Waals surface area (Å²) in [7, 11) is 7.31. The minimum Gasteiger partial charge on any atom is -0.495 e. The van der Waals surface area contributed by atoms with E-state index in [1.165, 1.54) is 0 Å². The maximum atomic E-state index is 12.6. The number of hydrogen-bond acceptors (Lipinski definition) is 5. The monoisotopic (exact) mass is 376 g/mol. The second kappa shape index (κ2) is 12.9. The number of likely N-dealkylation sites (N-methyl/N-ethyl adjacent to an activating group) is 3. The summed E-state index contributed by atoms with van der Waals surface area (Å²) in [6.07, 6.45) is 7.13. The summed E-state index contributed by atoms with van der Waals surface area (Å²) in [5.74, 6) is 1.41. The lowest BCUT2D eigenvalue weighted by Crippen LogP contribution is -2.46. The van der Waals surface area contributed by atoms with Crippen molar-refractivity contribution < 1.29 is 9.53 Å². The van der Waals surface area contributed by atoms with E-state index in [4.69, 9.17) is 4.74 Å². The highest BCUT2D eigenvalue weighted by molar-refractivity contribution is 5.81. The van der Waals surface area contributed by atoms with Crippen LogP contribution in [0.3, 0.4) is 0 Å². The zero-order valence-corrected chi connectivity index (χ0v) is 18.0. The van der Waals surface area contributed by atoms with Crippen LogP contribution in [0.25, 0.3) is 0 Å². The molecule has 0 N–H and O–H groups in total. The van der Waals surface area contributed by atoms with E-state index in [1.807, 2.05) is 63.9 Å². The first kappa shape index (κ1) is 24.7. The van der Waals surface area contributed by atoms with Crippen LogP contribution in [0, 0.1) is 0 Å². The molecule has 27 heavy (non-hydrogen) atoms. The molecule has 0 fully saturated rings. The molecule has 1 atom stereocenters. The molecule has 0 bridgehead atoms. The van der Waals surface area contributed by atoms with Crippen LogP contribution in [0.2, 0.25) is 0 Å². The third kappa shape index (κ3) is 9.24. The van der Waals surface area contributed by atoms with Crippen LogP contribution >= 0.6 is 0 Å². The fourth-order valence-corrected chi connectivity index (χ4v) is 2.33. The van der Waals surface area contributed by atoms with Crippen LogP contribution in [0.5, 0.6) is 0 Å². The molecule has 0 saturated heterocycles. The summed E-state index contributed by atoms with van der Waals surface area (Å²) < 4.78 is 5.14. The Morgan fingerprint density at radius 1 is 1.22 bits per heavy atom. The fraction of sp³-hybridized carbons (Fsp3) is 0.524. The Bertz CT molecular complexity index is 593. The van der Waals surface area contributed by atoms with E-state index >= 15 is 0 Å². The van der Waals surface area contributed by atoms with Crippen LogP contribution in [0.4, 0.5) is 0 Å². The number of hydrogen-bond donors (Lipinski definition) is 0. The molecule has 1 amide bonds. The van der Waals surface area contributed by atoms with Crippen molar-refractivity contribution >= 4 is 12.1 Å². The molecule has 0 spiro atoms. The van der Waals surface area contributed by atoms with Crippen molar-refractivity contribution in [3.05, 3.63) is 48.5 Å². The van der Waals surface area contributed by atoms with E-state index in [0.717, 1.165) is 5.57 Å². The SMILES string of the molecule is C=C/C=C(\C)CN(C)C(=O)C(C)N(C)CCN(C)C(=C)/N=C\C(=C/C)OC. The molecular weight excluding hydrogens is 340 g/mol. The lowest BCUT2D eigenvalue weighted by molar-refractivity contribution is -0.134. The van der Waals surface area contributed by atoms with E-state index in [9.17, 15) is 4.79 Å². The number of rotatable bonds is 12. The standard InChI is InChI=1S/C21H36N4O2/c1-10-12-17(3)16-25(8)21(26)18(4)23(6)13-14-24(7)19(5)22-15-20(11-2)27-9/h10-12,15,18H,1,5,13-14,16H2,2-4,6-9H3/b17-12+,20-11+,22-15-. The van der Waals surface area contributed by atoms with Gasteiger partial charge in [0.2, 0.25) is 5.91 Å². The third-order valence-corrected chi connectivity index (χ3v) is 4.37. The van der Waals surface area contributed by atoms with Gasteiger partial charge in [-0.25, -0.2) is 4.99 Å². The molecule has 0 aromatic heterocycles. The molecular formula is C21H36N4O2. The van der Waals surface area contributed by atoms with Gasteiger partial charge in [-0.05, 0) is 33.9 Å². The minimum atomic E-state index is -0.209. The highest BCUT2D eigenvalue weighted by Crippen LogP contribution is 2.06. The van der Waals surface area contributed by atoms with Gasteiger partial charge in [0.05, 0.1) is 19.4 Å². The van der Waals surface area contributed by atoms with Crippen molar-refractivity contribution in [1.82, 2.24) is 14.7 Å². The van der Waals surface area contributed by atoms with Gasteiger partial charge < -0.3 is 14.5 Å². The quantitative estimate of drug-likeness (QED) is 0.298. The van der Waals surface area contributed by atoms with Gasteiger partial charge in [-0.3, -0.25) is 9.69 Å². The summed E-state index contributed by atoms with van der Waals surface area (Å²) in [6, 6.07) is -0.209. The van der Waals surface area contributed by atoms with Crippen molar-refractivity contribution in [2.75, 3.05) is 47.9 Å². The molecule has 0 heterocycles. The first-order valence-corrected chi connectivity index (χ1v) is 9.05. The Kier molecular flexibility index (Phi) is 11.8. The van der Waals surface area contributed by atoms with Crippen molar-refractivity contribution in [2.45, 2.75) is 26.8 Å². The van der Waals surface area contributed by atoms with Gasteiger partial charge in [-0.1, -0.05) is 30.9 Å². The smallest absolute Gasteiger partial charge is 0.239 e. The molecule has 6 heteroatoms. The topological polar surface area (TPSA) is 48.4 Å². The Balaban J connectivity index is 4.60. The van der Waals surface area contributed by atoms with Gasteiger partial charge in [0.25, 0.3) is 0 Å². The zero-order chi connectivity index (χ0) is 21.0. The first-order valence-electron chi connectivity index (χ1n) is 9.05. The molecule has 0 aromatic rings. The number of amides is 1. The second-order valence-electron chi connectivity index (χ2n) is 6.59. The van der Waals surface area contributed by atoms with Gasteiger partial charge in [-0.2, -0.15) is 0 Å². The number of methoxy groups -OCH3 is 1. The number of ether oxygens (including phenoxy) is 1. The Labute approximate surface area is 165 Å². The van der Waals surface area contributed by atoms with Crippen molar-refractivity contribution in [2.24, 2.45) is 4.99 Å². The molecule has 0 radical (unpaired) electrons. The van der Waals surface area contributed by atoms with Gasteiger partial charge in [0, 0.05) is 33.7 Å². The summed E-state index contributed by atoms with van der Waals surface area (Å²) in [6.45, 7) is 15.5. The minimum absolute atomic E-state index is 0.0895. The Morgan fingerprint density at radius 2 is 1.85 bits per heavy atom. The van der Waals surface area contributed by atoms with Crippen LogP contribution < -0.4 is 0 Å². The van der Waals surface area contributed by atoms with E-state index in [2.05, 4.69) is 18.2 Å². The number of aliphatic imine (C=N–C) groups is 1. The lowest BCUT2D eigenvalue weighted by Gasteiger charge is -2.30. The van der Waals surface area contributed by atoms with Gasteiger partial charge >= 0.3 is 0 Å². The van der Waals surface area contributed by atoms with Crippen LogP contribution in [0.1, 0.15) is 20.8 Å². The number of nitrogens with zero attached hydrogens (tertiary/aromatic N) is 4. The third-order valence-electron chi connectivity index (χ3n) is 4.37. The summed E-state index contributed by atoms with van der Waals surface area (Å²) >= 11 is 0. The normalized spacial score (nSPS) is 13.6. The zero-order valence-electron chi connectivity index (χ0n) is 18.0. The number of allylic oxidation sites excluding steroid dienone is 4. The average molecular weight is 377 g/mol. The Morgan fingerprint density at radius 3 is 2.37 bits per heavy atom. The molecule has 0 aliphatic rings. The van der Waals surface area contributed by atoms with Gasteiger partial charge in [-0.15, -0.1) is 0 Å². The largest absolute Gasteiger partial charge is 0.495 e. The van der Waals surface area contributed by atoms with E-state index in [1.54, 1.807) is 24.3 Å². The molecule has 0 aromatic carbocycles. The van der Waals surface area contributed by atoms with Crippen LogP contribution in [-0.2, 0) is 9.53 Å². The molecule has 0 aliphatic heterocycles. The molecule has 1 unspecified atom stereocenters. The van der Waals surface area contributed by atoms with Gasteiger partial charge in [0.1, 0.15) is 11.6 Å². The number of carbonyl (C=O) groups is 1.